The Morgan fingerprint density at radius 1 is 1.38 bits per heavy atom. The molecule has 21 heavy (non-hydrogen) atoms. The smallest absolute Gasteiger partial charge is 0.186 e. The molecule has 1 aliphatic heterocycles. The quantitative estimate of drug-likeness (QED) is 0.786. The van der Waals surface area contributed by atoms with Gasteiger partial charge in [0.05, 0.1) is 12.3 Å². The lowest BCUT2D eigenvalue weighted by atomic mass is 10.1. The van der Waals surface area contributed by atoms with Crippen LogP contribution >= 0.6 is 11.3 Å². The van der Waals surface area contributed by atoms with Gasteiger partial charge in [-0.1, -0.05) is 6.92 Å². The van der Waals surface area contributed by atoms with E-state index in [1.807, 2.05) is 11.3 Å². The van der Waals surface area contributed by atoms with E-state index in [1.54, 1.807) is 7.11 Å². The molecule has 1 N–H and O–H groups in total. The van der Waals surface area contributed by atoms with E-state index in [1.165, 1.54) is 35.0 Å². The van der Waals surface area contributed by atoms with E-state index in [2.05, 4.69) is 24.1 Å². The van der Waals surface area contributed by atoms with Gasteiger partial charge in [0.2, 0.25) is 0 Å². The van der Waals surface area contributed by atoms with Crippen molar-refractivity contribution in [1.82, 2.24) is 10.3 Å². The monoisotopic (exact) mass is 309 g/mol. The topological polar surface area (TPSA) is 37.4 Å². The highest BCUT2D eigenvalue weighted by Gasteiger charge is 2.33. The summed E-state index contributed by atoms with van der Waals surface area (Å²) in [6.45, 7) is 8.45. The van der Waals surface area contributed by atoms with E-state index in [4.69, 9.17) is 9.72 Å². The number of anilines is 1. The molecule has 1 saturated carbocycles. The Bertz CT molecular complexity index is 472. The van der Waals surface area contributed by atoms with Gasteiger partial charge in [-0.25, -0.2) is 4.98 Å². The maximum absolute atomic E-state index is 5.10. The summed E-state index contributed by atoms with van der Waals surface area (Å²) in [6.07, 6.45) is 3.93. The summed E-state index contributed by atoms with van der Waals surface area (Å²) in [7, 11) is 1.75. The fraction of sp³-hybridized carbons (Fsp3) is 0.812. The first-order valence-electron chi connectivity index (χ1n) is 8.15. The summed E-state index contributed by atoms with van der Waals surface area (Å²) >= 11 is 1.90. The van der Waals surface area contributed by atoms with Gasteiger partial charge >= 0.3 is 0 Å². The molecular formula is C16H27N3OS. The van der Waals surface area contributed by atoms with E-state index in [9.17, 15) is 0 Å². The second-order valence-corrected chi connectivity index (χ2v) is 7.65. The van der Waals surface area contributed by atoms with Gasteiger partial charge in [-0.2, -0.15) is 0 Å². The van der Waals surface area contributed by atoms with Crippen molar-refractivity contribution in [2.75, 3.05) is 31.7 Å². The van der Waals surface area contributed by atoms with Gasteiger partial charge < -0.3 is 15.0 Å². The predicted molar refractivity (Wildman–Crippen MR) is 88.3 cm³/mol. The Kier molecular flexibility index (Phi) is 4.82. The van der Waals surface area contributed by atoms with Crippen LogP contribution in [-0.2, 0) is 11.3 Å². The van der Waals surface area contributed by atoms with Crippen molar-refractivity contribution in [3.8, 4) is 0 Å². The lowest BCUT2D eigenvalue weighted by molar-refractivity contribution is 0.199. The number of nitrogens with zero attached hydrogens (tertiary/aromatic N) is 2. The molecular weight excluding hydrogens is 282 g/mol. The standard InChI is InChI=1S/C16H27N3OS/c1-11-8-12(2)19(10-11)16-18-15(13-4-5-13)14(21-16)9-17-6-7-20-3/h11-13,17H,4-10H2,1-3H3. The summed E-state index contributed by atoms with van der Waals surface area (Å²) in [6, 6.07) is 0.632. The molecule has 0 bridgehead atoms. The minimum Gasteiger partial charge on any atom is -0.383 e. The van der Waals surface area contributed by atoms with Gasteiger partial charge in [0.25, 0.3) is 0 Å². The lowest BCUT2D eigenvalue weighted by Gasteiger charge is -2.20. The van der Waals surface area contributed by atoms with Crippen LogP contribution in [0, 0.1) is 5.92 Å². The molecule has 2 heterocycles. The average Bonchev–Trinajstić information content (AvgIpc) is 3.13. The van der Waals surface area contributed by atoms with Crippen molar-refractivity contribution in [2.45, 2.75) is 51.6 Å². The number of methoxy groups -OCH3 is 1. The molecule has 1 saturated heterocycles. The van der Waals surface area contributed by atoms with Gasteiger partial charge in [0.1, 0.15) is 0 Å². The number of rotatable bonds is 7. The molecule has 2 fully saturated rings. The summed E-state index contributed by atoms with van der Waals surface area (Å²) in [4.78, 5) is 8.97. The van der Waals surface area contributed by atoms with E-state index < -0.39 is 0 Å². The van der Waals surface area contributed by atoms with Crippen LogP contribution < -0.4 is 10.2 Å². The van der Waals surface area contributed by atoms with Crippen molar-refractivity contribution < 1.29 is 4.74 Å². The zero-order valence-corrected chi connectivity index (χ0v) is 14.2. The molecule has 0 radical (unpaired) electrons. The van der Waals surface area contributed by atoms with Crippen LogP contribution in [0.25, 0.3) is 0 Å². The highest BCUT2D eigenvalue weighted by molar-refractivity contribution is 7.15. The minimum absolute atomic E-state index is 0.632. The van der Waals surface area contributed by atoms with Gasteiger partial charge in [0.15, 0.2) is 5.13 Å². The number of hydrogen-bond acceptors (Lipinski definition) is 5. The number of aromatic nitrogens is 1. The third-order valence-electron chi connectivity index (χ3n) is 4.48. The number of hydrogen-bond donors (Lipinski definition) is 1. The van der Waals surface area contributed by atoms with E-state index >= 15 is 0 Å². The van der Waals surface area contributed by atoms with Crippen LogP contribution in [0.4, 0.5) is 5.13 Å². The molecule has 0 aromatic carbocycles. The minimum atomic E-state index is 0.632. The SMILES string of the molecule is COCCNCc1sc(N2CC(C)CC2C)nc1C1CC1. The summed E-state index contributed by atoms with van der Waals surface area (Å²) in [5, 5.41) is 4.72. The van der Waals surface area contributed by atoms with Crippen LogP contribution in [-0.4, -0.2) is 37.8 Å². The van der Waals surface area contributed by atoms with Crippen molar-refractivity contribution >= 4 is 16.5 Å². The van der Waals surface area contributed by atoms with Gasteiger partial charge in [-0.15, -0.1) is 11.3 Å². The third-order valence-corrected chi connectivity index (χ3v) is 5.59. The lowest BCUT2D eigenvalue weighted by Crippen LogP contribution is -2.26. The molecule has 2 unspecified atom stereocenters. The highest BCUT2D eigenvalue weighted by Crippen LogP contribution is 2.45. The Morgan fingerprint density at radius 2 is 2.19 bits per heavy atom. The number of nitrogens with one attached hydrogen (secondary N) is 1. The molecule has 2 atom stereocenters. The predicted octanol–water partition coefficient (Wildman–Crippen LogP) is 2.99. The average molecular weight is 309 g/mol. The first-order chi connectivity index (χ1) is 10.2. The van der Waals surface area contributed by atoms with Gasteiger partial charge in [-0.05, 0) is 32.1 Å². The van der Waals surface area contributed by atoms with Gasteiger partial charge in [-0.3, -0.25) is 0 Å². The summed E-state index contributed by atoms with van der Waals surface area (Å²) in [5.74, 6) is 1.51. The Balaban J connectivity index is 1.70. The van der Waals surface area contributed by atoms with Crippen LogP contribution in [0.15, 0.2) is 0 Å². The first-order valence-corrected chi connectivity index (χ1v) is 8.96. The molecule has 0 amide bonds. The van der Waals surface area contributed by atoms with Crippen LogP contribution in [0.5, 0.6) is 0 Å². The Hall–Kier alpha value is -0.650. The zero-order chi connectivity index (χ0) is 14.8. The molecule has 1 aromatic heterocycles. The highest BCUT2D eigenvalue weighted by atomic mass is 32.1. The fourth-order valence-electron chi connectivity index (χ4n) is 3.22. The second-order valence-electron chi connectivity index (χ2n) is 6.59. The Labute approximate surface area is 131 Å². The number of ether oxygens (including phenoxy) is 1. The molecule has 1 aliphatic carbocycles. The van der Waals surface area contributed by atoms with Crippen molar-refractivity contribution in [3.05, 3.63) is 10.6 Å². The maximum atomic E-state index is 5.10. The van der Waals surface area contributed by atoms with E-state index in [0.717, 1.165) is 38.1 Å². The normalized spacial score (nSPS) is 25.8. The molecule has 4 nitrogen and oxygen atoms in total. The van der Waals surface area contributed by atoms with Crippen molar-refractivity contribution in [1.29, 1.82) is 0 Å². The zero-order valence-electron chi connectivity index (χ0n) is 13.4. The molecule has 5 heteroatoms. The molecule has 0 spiro atoms. The third kappa shape index (κ3) is 3.58. The second kappa shape index (κ2) is 6.63. The molecule has 1 aromatic rings. The largest absolute Gasteiger partial charge is 0.383 e. The van der Waals surface area contributed by atoms with Crippen molar-refractivity contribution in [2.24, 2.45) is 5.92 Å². The first kappa shape index (κ1) is 15.3. The Morgan fingerprint density at radius 3 is 2.81 bits per heavy atom. The molecule has 118 valence electrons. The fourth-order valence-corrected chi connectivity index (χ4v) is 4.45. The van der Waals surface area contributed by atoms with E-state index in [-0.39, 0.29) is 0 Å². The molecule has 3 rings (SSSR count). The van der Waals surface area contributed by atoms with Crippen LogP contribution in [0.2, 0.25) is 0 Å². The molecule has 2 aliphatic rings. The maximum Gasteiger partial charge on any atom is 0.186 e. The summed E-state index contributed by atoms with van der Waals surface area (Å²) < 4.78 is 5.10. The van der Waals surface area contributed by atoms with Crippen LogP contribution in [0.1, 0.15) is 49.6 Å². The number of thiazole rings is 1. The summed E-state index contributed by atoms with van der Waals surface area (Å²) in [5.41, 5.74) is 1.37. The van der Waals surface area contributed by atoms with Crippen LogP contribution in [0.3, 0.4) is 0 Å². The van der Waals surface area contributed by atoms with Gasteiger partial charge in [0, 0.05) is 43.6 Å². The van der Waals surface area contributed by atoms with E-state index in [0.29, 0.717) is 6.04 Å². The van der Waals surface area contributed by atoms with Crippen molar-refractivity contribution in [3.63, 3.8) is 0 Å².